The van der Waals surface area contributed by atoms with Gasteiger partial charge in [-0.15, -0.1) is 11.3 Å². The number of urea groups is 1. The lowest BCUT2D eigenvalue weighted by atomic mass is 10.1. The Kier molecular flexibility index (Phi) is 5.01. The van der Waals surface area contributed by atoms with Gasteiger partial charge in [-0.25, -0.2) is 4.79 Å². The lowest BCUT2D eigenvalue weighted by Gasteiger charge is -2.29. The molecule has 1 fully saturated rings. The number of hydrogen-bond acceptors (Lipinski definition) is 2. The fourth-order valence-corrected chi connectivity index (χ4v) is 3.86. The molecule has 5 heteroatoms. The van der Waals surface area contributed by atoms with Crippen LogP contribution in [-0.4, -0.2) is 17.5 Å². The van der Waals surface area contributed by atoms with Crippen LogP contribution in [0, 0.1) is 0 Å². The predicted molar refractivity (Wildman–Crippen MR) is 92.7 cm³/mol. The highest BCUT2D eigenvalue weighted by atomic mass is 35.5. The van der Waals surface area contributed by atoms with Crippen LogP contribution in [0.3, 0.4) is 0 Å². The quantitative estimate of drug-likeness (QED) is 0.767. The van der Waals surface area contributed by atoms with Crippen molar-refractivity contribution in [3.63, 3.8) is 0 Å². The number of nitrogens with one attached hydrogen (secondary N) is 1. The molecule has 3 nitrogen and oxygen atoms in total. The summed E-state index contributed by atoms with van der Waals surface area (Å²) in [6, 6.07) is 11.6. The molecule has 3 rings (SSSR count). The first kappa shape index (κ1) is 15.4. The summed E-state index contributed by atoms with van der Waals surface area (Å²) in [4.78, 5) is 15.9. The van der Waals surface area contributed by atoms with Crippen LogP contribution >= 0.6 is 22.9 Å². The summed E-state index contributed by atoms with van der Waals surface area (Å²) < 4.78 is 0. The SMILES string of the molecule is O=C(Nc1ccc(Cl)cc1)N1CCCCCC1c1cccs1. The van der Waals surface area contributed by atoms with Crippen LogP contribution in [0.15, 0.2) is 41.8 Å². The summed E-state index contributed by atoms with van der Waals surface area (Å²) >= 11 is 7.62. The van der Waals surface area contributed by atoms with Crippen molar-refractivity contribution in [3.8, 4) is 0 Å². The van der Waals surface area contributed by atoms with Crippen LogP contribution in [0.4, 0.5) is 10.5 Å². The van der Waals surface area contributed by atoms with Gasteiger partial charge in [0.2, 0.25) is 0 Å². The molecule has 0 spiro atoms. The van der Waals surface area contributed by atoms with E-state index in [1.54, 1.807) is 23.5 Å². The van der Waals surface area contributed by atoms with Crippen molar-refractivity contribution >= 4 is 34.7 Å². The van der Waals surface area contributed by atoms with E-state index >= 15 is 0 Å². The van der Waals surface area contributed by atoms with Gasteiger partial charge in [0.05, 0.1) is 6.04 Å². The van der Waals surface area contributed by atoms with Gasteiger partial charge >= 0.3 is 6.03 Å². The van der Waals surface area contributed by atoms with E-state index in [1.165, 1.54) is 17.7 Å². The third-order valence-corrected chi connectivity index (χ3v) is 5.21. The predicted octanol–water partition coefficient (Wildman–Crippen LogP) is 5.55. The van der Waals surface area contributed by atoms with E-state index in [0.29, 0.717) is 5.02 Å². The van der Waals surface area contributed by atoms with Crippen molar-refractivity contribution in [2.24, 2.45) is 0 Å². The van der Waals surface area contributed by atoms with Crippen LogP contribution in [0.5, 0.6) is 0 Å². The van der Waals surface area contributed by atoms with E-state index < -0.39 is 0 Å². The lowest BCUT2D eigenvalue weighted by Crippen LogP contribution is -2.37. The summed E-state index contributed by atoms with van der Waals surface area (Å²) in [5, 5.41) is 5.74. The Morgan fingerprint density at radius 1 is 1.18 bits per heavy atom. The Hall–Kier alpha value is -1.52. The first-order valence-corrected chi connectivity index (χ1v) is 8.86. The normalized spacial score (nSPS) is 18.8. The minimum absolute atomic E-state index is 0.0253. The topological polar surface area (TPSA) is 32.3 Å². The maximum atomic E-state index is 12.7. The van der Waals surface area contributed by atoms with Crippen molar-refractivity contribution in [1.82, 2.24) is 4.90 Å². The number of hydrogen-bond donors (Lipinski definition) is 1. The number of halogens is 1. The van der Waals surface area contributed by atoms with Gasteiger partial charge in [-0.05, 0) is 48.6 Å². The molecular formula is C17H19ClN2OS. The Balaban J connectivity index is 1.76. The zero-order valence-electron chi connectivity index (χ0n) is 12.3. The molecule has 2 amide bonds. The summed E-state index contributed by atoms with van der Waals surface area (Å²) in [6.07, 6.45) is 4.46. The fraction of sp³-hybridized carbons (Fsp3) is 0.353. The highest BCUT2D eigenvalue weighted by Gasteiger charge is 2.27. The molecule has 0 aliphatic carbocycles. The van der Waals surface area contributed by atoms with Gasteiger partial charge in [0.1, 0.15) is 0 Å². The number of nitrogens with zero attached hydrogens (tertiary/aromatic N) is 1. The van der Waals surface area contributed by atoms with Crippen molar-refractivity contribution in [2.45, 2.75) is 31.7 Å². The van der Waals surface area contributed by atoms with Gasteiger partial charge in [0, 0.05) is 22.1 Å². The van der Waals surface area contributed by atoms with Gasteiger partial charge in [-0.2, -0.15) is 0 Å². The molecule has 1 atom stereocenters. The van der Waals surface area contributed by atoms with Crippen LogP contribution < -0.4 is 5.32 Å². The number of anilines is 1. The standard InChI is InChI=1S/C17H19ClN2OS/c18-13-7-9-14(10-8-13)19-17(21)20-11-3-1-2-5-15(20)16-6-4-12-22-16/h4,6-10,12,15H,1-3,5,11H2,(H,19,21). The third kappa shape index (κ3) is 3.62. The van der Waals surface area contributed by atoms with Crippen molar-refractivity contribution in [1.29, 1.82) is 0 Å². The van der Waals surface area contributed by atoms with E-state index in [4.69, 9.17) is 11.6 Å². The van der Waals surface area contributed by atoms with Crippen molar-refractivity contribution in [2.75, 3.05) is 11.9 Å². The second-order valence-electron chi connectivity index (χ2n) is 5.51. The molecule has 2 aromatic rings. The van der Waals surface area contributed by atoms with E-state index in [1.807, 2.05) is 17.0 Å². The second kappa shape index (κ2) is 7.16. The molecule has 0 saturated carbocycles. The Morgan fingerprint density at radius 2 is 2.00 bits per heavy atom. The van der Waals surface area contributed by atoms with Crippen LogP contribution in [-0.2, 0) is 0 Å². The zero-order chi connectivity index (χ0) is 15.4. The highest BCUT2D eigenvalue weighted by molar-refractivity contribution is 7.10. The molecule has 1 unspecified atom stereocenters. The minimum atomic E-state index is -0.0253. The molecule has 1 aromatic carbocycles. The molecule has 1 aliphatic rings. The molecule has 2 heterocycles. The molecule has 0 radical (unpaired) electrons. The van der Waals surface area contributed by atoms with Crippen LogP contribution in [0.1, 0.15) is 36.6 Å². The van der Waals surface area contributed by atoms with Crippen molar-refractivity contribution in [3.05, 3.63) is 51.7 Å². The fourth-order valence-electron chi connectivity index (χ4n) is 2.86. The number of carbonyl (C=O) groups excluding carboxylic acids is 1. The molecular weight excluding hydrogens is 316 g/mol. The highest BCUT2D eigenvalue weighted by Crippen LogP contribution is 2.33. The number of rotatable bonds is 2. The summed E-state index contributed by atoms with van der Waals surface area (Å²) in [5.74, 6) is 0. The number of benzene rings is 1. The number of carbonyl (C=O) groups is 1. The van der Waals surface area contributed by atoms with Crippen LogP contribution in [0.2, 0.25) is 5.02 Å². The number of amides is 2. The molecule has 116 valence electrons. The average molecular weight is 335 g/mol. The van der Waals surface area contributed by atoms with Gasteiger partial charge in [0.25, 0.3) is 0 Å². The largest absolute Gasteiger partial charge is 0.322 e. The minimum Gasteiger partial charge on any atom is -0.317 e. The van der Waals surface area contributed by atoms with Gasteiger partial charge in [-0.3, -0.25) is 0 Å². The van der Waals surface area contributed by atoms with Crippen molar-refractivity contribution < 1.29 is 4.79 Å². The Bertz CT molecular complexity index is 612. The van der Waals surface area contributed by atoms with Gasteiger partial charge in [0.15, 0.2) is 0 Å². The second-order valence-corrected chi connectivity index (χ2v) is 6.93. The molecule has 22 heavy (non-hydrogen) atoms. The van der Waals surface area contributed by atoms with E-state index in [0.717, 1.165) is 25.1 Å². The molecule has 1 aromatic heterocycles. The summed E-state index contributed by atoms with van der Waals surface area (Å²) in [6.45, 7) is 0.808. The van der Waals surface area contributed by atoms with E-state index in [9.17, 15) is 4.79 Å². The average Bonchev–Trinajstić information content (AvgIpc) is 2.94. The molecule has 1 N–H and O–H groups in total. The molecule has 1 saturated heterocycles. The zero-order valence-corrected chi connectivity index (χ0v) is 13.9. The number of likely N-dealkylation sites (tertiary alicyclic amines) is 1. The van der Waals surface area contributed by atoms with Gasteiger partial charge < -0.3 is 10.2 Å². The Labute approximate surface area is 139 Å². The maximum absolute atomic E-state index is 12.7. The maximum Gasteiger partial charge on any atom is 0.322 e. The summed E-state index contributed by atoms with van der Waals surface area (Å²) in [5.41, 5.74) is 0.781. The first-order valence-electron chi connectivity index (χ1n) is 7.60. The lowest BCUT2D eigenvalue weighted by molar-refractivity contribution is 0.190. The summed E-state index contributed by atoms with van der Waals surface area (Å²) in [7, 11) is 0. The molecule has 1 aliphatic heterocycles. The Morgan fingerprint density at radius 3 is 2.73 bits per heavy atom. The van der Waals surface area contributed by atoms with E-state index in [-0.39, 0.29) is 12.1 Å². The third-order valence-electron chi connectivity index (χ3n) is 3.98. The molecule has 0 bridgehead atoms. The smallest absolute Gasteiger partial charge is 0.317 e. The monoisotopic (exact) mass is 334 g/mol. The first-order chi connectivity index (χ1) is 10.7. The van der Waals surface area contributed by atoms with Crippen LogP contribution in [0.25, 0.3) is 0 Å². The van der Waals surface area contributed by atoms with Gasteiger partial charge in [-0.1, -0.05) is 30.5 Å². The van der Waals surface area contributed by atoms with E-state index in [2.05, 4.69) is 22.8 Å². The number of thiophene rings is 1.